The quantitative estimate of drug-likeness (QED) is 0.758. The van der Waals surface area contributed by atoms with Crippen LogP contribution in [0, 0.1) is 0 Å². The Bertz CT molecular complexity index is 427. The van der Waals surface area contributed by atoms with Gasteiger partial charge in [-0.05, 0) is 17.7 Å². The lowest BCUT2D eigenvalue weighted by Crippen LogP contribution is -2.26. The summed E-state index contributed by atoms with van der Waals surface area (Å²) in [5, 5.41) is 5.93. The van der Waals surface area contributed by atoms with Crippen molar-refractivity contribution in [3.05, 3.63) is 29.8 Å². The Kier molecular flexibility index (Phi) is 6.02. The molecule has 0 radical (unpaired) electrons. The molecule has 0 saturated heterocycles. The number of nitrogens with one attached hydrogen (secondary N) is 2. The van der Waals surface area contributed by atoms with Crippen molar-refractivity contribution in [2.75, 3.05) is 26.0 Å². The summed E-state index contributed by atoms with van der Waals surface area (Å²) < 4.78 is 0. The molecule has 2 amide bonds. The average molecular weight is 263 g/mol. The van der Waals surface area contributed by atoms with Gasteiger partial charge in [0.2, 0.25) is 11.8 Å². The third kappa shape index (κ3) is 6.01. The van der Waals surface area contributed by atoms with Crippen molar-refractivity contribution in [2.45, 2.75) is 19.9 Å². The van der Waals surface area contributed by atoms with Crippen LogP contribution in [0.1, 0.15) is 18.9 Å². The minimum absolute atomic E-state index is 0.0759. The van der Waals surface area contributed by atoms with E-state index in [0.29, 0.717) is 19.5 Å². The van der Waals surface area contributed by atoms with E-state index in [2.05, 4.69) is 10.6 Å². The highest BCUT2D eigenvalue weighted by Crippen LogP contribution is 2.09. The van der Waals surface area contributed by atoms with E-state index in [-0.39, 0.29) is 11.8 Å². The summed E-state index contributed by atoms with van der Waals surface area (Å²) in [5.74, 6) is 0.0431. The molecule has 0 unspecified atom stereocenters. The number of nitrogens with zero attached hydrogens (tertiary/aromatic N) is 1. The summed E-state index contributed by atoms with van der Waals surface area (Å²) in [5.41, 5.74) is 1.91. The van der Waals surface area contributed by atoms with E-state index in [1.165, 1.54) is 6.92 Å². The van der Waals surface area contributed by atoms with Gasteiger partial charge < -0.3 is 15.5 Å². The lowest BCUT2D eigenvalue weighted by Gasteiger charge is -2.10. The number of anilines is 1. The zero-order valence-electron chi connectivity index (χ0n) is 11.7. The van der Waals surface area contributed by atoms with Crippen LogP contribution in [0.4, 0.5) is 5.69 Å². The molecule has 1 aromatic rings. The number of carbonyl (C=O) groups is 2. The predicted molar refractivity (Wildman–Crippen MR) is 75.8 cm³/mol. The second kappa shape index (κ2) is 7.53. The van der Waals surface area contributed by atoms with Gasteiger partial charge in [0.1, 0.15) is 0 Å². The number of hydrogen-bond acceptors (Lipinski definition) is 3. The van der Waals surface area contributed by atoms with Gasteiger partial charge in [0.15, 0.2) is 0 Å². The maximum Gasteiger partial charge on any atom is 0.223 e. The summed E-state index contributed by atoms with van der Waals surface area (Å²) in [6.07, 6.45) is 0.497. The average Bonchev–Trinajstić information content (AvgIpc) is 2.35. The number of rotatable bonds is 6. The highest BCUT2D eigenvalue weighted by atomic mass is 16.2. The maximum absolute atomic E-state index is 11.3. The van der Waals surface area contributed by atoms with Crippen molar-refractivity contribution in [1.29, 1.82) is 0 Å². The fourth-order valence-electron chi connectivity index (χ4n) is 1.56. The van der Waals surface area contributed by atoms with Crippen molar-refractivity contribution >= 4 is 17.5 Å². The Morgan fingerprint density at radius 2 is 1.79 bits per heavy atom. The van der Waals surface area contributed by atoms with Crippen molar-refractivity contribution in [2.24, 2.45) is 0 Å². The number of carbonyl (C=O) groups excluding carboxylic acids is 2. The molecule has 0 heterocycles. The van der Waals surface area contributed by atoms with Crippen LogP contribution in [0.15, 0.2) is 24.3 Å². The third-order valence-electron chi connectivity index (χ3n) is 2.62. The van der Waals surface area contributed by atoms with Crippen LogP contribution in [-0.4, -0.2) is 37.4 Å². The van der Waals surface area contributed by atoms with Crippen LogP contribution in [0.2, 0.25) is 0 Å². The molecule has 104 valence electrons. The summed E-state index contributed by atoms with van der Waals surface area (Å²) >= 11 is 0. The Morgan fingerprint density at radius 3 is 2.32 bits per heavy atom. The van der Waals surface area contributed by atoms with E-state index in [4.69, 9.17) is 0 Å². The molecule has 0 aliphatic rings. The van der Waals surface area contributed by atoms with Crippen molar-refractivity contribution in [1.82, 2.24) is 10.2 Å². The van der Waals surface area contributed by atoms with Crippen molar-refractivity contribution in [3.8, 4) is 0 Å². The third-order valence-corrected chi connectivity index (χ3v) is 2.62. The molecule has 0 saturated carbocycles. The molecule has 0 aliphatic carbocycles. The van der Waals surface area contributed by atoms with Crippen LogP contribution in [0.5, 0.6) is 0 Å². The highest BCUT2D eigenvalue weighted by Gasteiger charge is 2.02. The van der Waals surface area contributed by atoms with Crippen LogP contribution in [0.3, 0.4) is 0 Å². The summed E-state index contributed by atoms with van der Waals surface area (Å²) in [4.78, 5) is 23.8. The predicted octanol–water partition coefficient (Wildman–Crippen LogP) is 1.21. The standard InChI is InChI=1S/C14H21N3O2/c1-11(18)16-13-6-4-12(5-7-13)10-15-9-8-14(19)17(2)3/h4-7,15H,8-10H2,1-3H3,(H,16,18). The van der Waals surface area contributed by atoms with Gasteiger partial charge in [0.05, 0.1) is 0 Å². The molecule has 0 aromatic heterocycles. The second-order valence-corrected chi connectivity index (χ2v) is 4.59. The first-order chi connectivity index (χ1) is 8.99. The Labute approximate surface area is 114 Å². The topological polar surface area (TPSA) is 61.4 Å². The molecular formula is C14H21N3O2. The second-order valence-electron chi connectivity index (χ2n) is 4.59. The van der Waals surface area contributed by atoms with Gasteiger partial charge >= 0.3 is 0 Å². The Balaban J connectivity index is 2.30. The molecule has 0 atom stereocenters. The molecule has 5 nitrogen and oxygen atoms in total. The molecular weight excluding hydrogens is 242 g/mol. The smallest absolute Gasteiger partial charge is 0.223 e. The zero-order valence-corrected chi connectivity index (χ0v) is 11.7. The van der Waals surface area contributed by atoms with Crippen molar-refractivity contribution in [3.63, 3.8) is 0 Å². The molecule has 1 aromatic carbocycles. The van der Waals surface area contributed by atoms with Gasteiger partial charge in [-0.1, -0.05) is 12.1 Å². The van der Waals surface area contributed by atoms with Crippen LogP contribution >= 0.6 is 0 Å². The largest absolute Gasteiger partial charge is 0.349 e. The van der Waals surface area contributed by atoms with Gasteiger partial charge in [0, 0.05) is 46.2 Å². The number of amides is 2. The minimum atomic E-state index is -0.0759. The fraction of sp³-hybridized carbons (Fsp3) is 0.429. The maximum atomic E-state index is 11.3. The van der Waals surface area contributed by atoms with E-state index in [9.17, 15) is 9.59 Å². The normalized spacial score (nSPS) is 10.1. The SMILES string of the molecule is CC(=O)Nc1ccc(CNCCC(=O)N(C)C)cc1. The summed E-state index contributed by atoms with van der Waals surface area (Å²) in [6, 6.07) is 7.63. The van der Waals surface area contributed by atoms with Crippen LogP contribution in [0.25, 0.3) is 0 Å². The Hall–Kier alpha value is -1.88. The van der Waals surface area contributed by atoms with Crippen molar-refractivity contribution < 1.29 is 9.59 Å². The zero-order chi connectivity index (χ0) is 14.3. The molecule has 0 spiro atoms. The van der Waals surface area contributed by atoms with Gasteiger partial charge in [-0.3, -0.25) is 9.59 Å². The molecule has 0 bridgehead atoms. The van der Waals surface area contributed by atoms with Crippen LogP contribution < -0.4 is 10.6 Å². The molecule has 1 rings (SSSR count). The first-order valence-electron chi connectivity index (χ1n) is 6.26. The van der Waals surface area contributed by atoms with Gasteiger partial charge in [-0.15, -0.1) is 0 Å². The molecule has 19 heavy (non-hydrogen) atoms. The van der Waals surface area contributed by atoms with Gasteiger partial charge in [-0.25, -0.2) is 0 Å². The van der Waals surface area contributed by atoms with E-state index in [1.807, 2.05) is 24.3 Å². The van der Waals surface area contributed by atoms with E-state index in [0.717, 1.165) is 11.3 Å². The minimum Gasteiger partial charge on any atom is -0.349 e. The summed E-state index contributed by atoms with van der Waals surface area (Å²) in [7, 11) is 3.51. The first-order valence-corrected chi connectivity index (χ1v) is 6.26. The lowest BCUT2D eigenvalue weighted by molar-refractivity contribution is -0.128. The number of benzene rings is 1. The van der Waals surface area contributed by atoms with Gasteiger partial charge in [0.25, 0.3) is 0 Å². The van der Waals surface area contributed by atoms with Crippen LogP contribution in [-0.2, 0) is 16.1 Å². The van der Waals surface area contributed by atoms with Gasteiger partial charge in [-0.2, -0.15) is 0 Å². The van der Waals surface area contributed by atoms with E-state index in [1.54, 1.807) is 19.0 Å². The fourth-order valence-corrected chi connectivity index (χ4v) is 1.56. The Morgan fingerprint density at radius 1 is 1.16 bits per heavy atom. The molecule has 5 heteroatoms. The van der Waals surface area contributed by atoms with E-state index >= 15 is 0 Å². The summed E-state index contributed by atoms with van der Waals surface area (Å²) in [6.45, 7) is 2.85. The number of hydrogen-bond donors (Lipinski definition) is 2. The first kappa shape index (κ1) is 15.2. The van der Waals surface area contributed by atoms with E-state index < -0.39 is 0 Å². The molecule has 0 fully saturated rings. The molecule has 2 N–H and O–H groups in total. The highest BCUT2D eigenvalue weighted by molar-refractivity contribution is 5.88. The monoisotopic (exact) mass is 263 g/mol. The lowest BCUT2D eigenvalue weighted by atomic mass is 10.2. The molecule has 0 aliphatic heterocycles.